The van der Waals surface area contributed by atoms with Crippen molar-refractivity contribution in [2.45, 2.75) is 37.8 Å². The molecule has 0 unspecified atom stereocenters. The first-order valence-corrected chi connectivity index (χ1v) is 14.0. The van der Waals surface area contributed by atoms with Gasteiger partial charge in [0.15, 0.2) is 11.5 Å². The van der Waals surface area contributed by atoms with Gasteiger partial charge in [-0.2, -0.15) is 4.31 Å². The van der Waals surface area contributed by atoms with Gasteiger partial charge in [-0.15, -0.1) is 0 Å². The van der Waals surface area contributed by atoms with Crippen LogP contribution in [0.5, 0.6) is 11.5 Å². The molecule has 0 saturated carbocycles. The molecule has 1 atom stereocenters. The van der Waals surface area contributed by atoms with Crippen LogP contribution in [-0.2, 0) is 16.6 Å². The molecule has 37 heavy (non-hydrogen) atoms. The van der Waals surface area contributed by atoms with Gasteiger partial charge >= 0.3 is 0 Å². The minimum Gasteiger partial charge on any atom is -0.490 e. The lowest BCUT2D eigenvalue weighted by molar-refractivity contribution is 0.0925. The van der Waals surface area contributed by atoms with Crippen molar-refractivity contribution in [3.63, 3.8) is 0 Å². The highest BCUT2D eigenvalue weighted by atomic mass is 35.5. The predicted molar refractivity (Wildman–Crippen MR) is 144 cm³/mol. The largest absolute Gasteiger partial charge is 0.490 e. The Kier molecular flexibility index (Phi) is 8.42. The van der Waals surface area contributed by atoms with Crippen LogP contribution in [0.15, 0.2) is 71.6 Å². The van der Waals surface area contributed by atoms with Crippen LogP contribution in [-0.4, -0.2) is 38.9 Å². The molecule has 0 aliphatic carbocycles. The van der Waals surface area contributed by atoms with Crippen LogP contribution in [0.1, 0.15) is 47.8 Å². The van der Waals surface area contributed by atoms with Gasteiger partial charge in [-0.25, -0.2) is 8.42 Å². The smallest absolute Gasteiger partial charge is 0.253 e. The standard InChI is InChI=1S/C28H31ClN2O5S/c1-19(2)27(21-10-13-25-26(16-21)36-15-7-14-35-25)30-28(32)23-17-22(11-12-24(23)29)37(33,34)31(3)18-20-8-5-4-6-9-20/h4-6,8-13,16-17,19,27H,7,14-15,18H2,1-3H3,(H,30,32)/t27-/m1/s1. The molecule has 0 saturated heterocycles. The first-order valence-electron chi connectivity index (χ1n) is 12.2. The number of rotatable bonds is 8. The van der Waals surface area contributed by atoms with E-state index in [4.69, 9.17) is 21.1 Å². The van der Waals surface area contributed by atoms with Crippen LogP contribution in [0.3, 0.4) is 0 Å². The van der Waals surface area contributed by atoms with Gasteiger partial charge in [-0.3, -0.25) is 4.79 Å². The van der Waals surface area contributed by atoms with Crippen LogP contribution in [0.4, 0.5) is 0 Å². The van der Waals surface area contributed by atoms with Crippen molar-refractivity contribution in [2.75, 3.05) is 20.3 Å². The van der Waals surface area contributed by atoms with Crippen molar-refractivity contribution in [3.8, 4) is 11.5 Å². The summed E-state index contributed by atoms with van der Waals surface area (Å²) in [4.78, 5) is 13.4. The number of sulfonamides is 1. The number of amides is 1. The number of carbonyl (C=O) groups excluding carboxylic acids is 1. The van der Waals surface area contributed by atoms with Gasteiger partial charge in [0.1, 0.15) is 0 Å². The Hall–Kier alpha value is -3.07. The van der Waals surface area contributed by atoms with Crippen molar-refractivity contribution >= 4 is 27.5 Å². The molecular formula is C28H31ClN2O5S. The summed E-state index contributed by atoms with van der Waals surface area (Å²) in [5, 5.41) is 3.20. The molecule has 1 heterocycles. The average molecular weight is 543 g/mol. The molecule has 0 fully saturated rings. The fourth-order valence-electron chi connectivity index (χ4n) is 4.17. The maximum Gasteiger partial charge on any atom is 0.253 e. The van der Waals surface area contributed by atoms with Crippen molar-refractivity contribution in [2.24, 2.45) is 5.92 Å². The lowest BCUT2D eigenvalue weighted by Crippen LogP contribution is -2.32. The van der Waals surface area contributed by atoms with E-state index in [0.717, 1.165) is 17.5 Å². The zero-order valence-corrected chi connectivity index (χ0v) is 22.7. The van der Waals surface area contributed by atoms with Gasteiger partial charge in [0.2, 0.25) is 10.0 Å². The Balaban J connectivity index is 1.58. The third-order valence-electron chi connectivity index (χ3n) is 6.22. The molecule has 3 aromatic carbocycles. The maximum absolute atomic E-state index is 13.4. The van der Waals surface area contributed by atoms with Gasteiger partial charge in [-0.05, 0) is 47.4 Å². The molecule has 0 aromatic heterocycles. The Labute approximate surface area is 223 Å². The van der Waals surface area contributed by atoms with E-state index in [2.05, 4.69) is 5.32 Å². The molecular weight excluding hydrogens is 512 g/mol. The average Bonchev–Trinajstić information content (AvgIpc) is 3.12. The second-order valence-corrected chi connectivity index (χ2v) is 11.8. The fraction of sp³-hybridized carbons (Fsp3) is 0.321. The Morgan fingerprint density at radius 1 is 1.00 bits per heavy atom. The molecule has 4 rings (SSSR count). The highest BCUT2D eigenvalue weighted by molar-refractivity contribution is 7.89. The first-order chi connectivity index (χ1) is 17.7. The van der Waals surface area contributed by atoms with E-state index in [-0.39, 0.29) is 34.0 Å². The van der Waals surface area contributed by atoms with Crippen LogP contribution in [0, 0.1) is 5.92 Å². The second-order valence-electron chi connectivity index (χ2n) is 9.34. The second kappa shape index (κ2) is 11.5. The molecule has 1 aliphatic rings. The summed E-state index contributed by atoms with van der Waals surface area (Å²) in [5.74, 6) is 0.896. The summed E-state index contributed by atoms with van der Waals surface area (Å²) in [6, 6.07) is 18.8. The van der Waals surface area contributed by atoms with E-state index >= 15 is 0 Å². The number of carbonyl (C=O) groups is 1. The molecule has 0 radical (unpaired) electrons. The Morgan fingerprint density at radius 3 is 2.41 bits per heavy atom. The minimum absolute atomic E-state index is 0.00263. The molecule has 1 aliphatic heterocycles. The topological polar surface area (TPSA) is 84.9 Å². The lowest BCUT2D eigenvalue weighted by Gasteiger charge is -2.24. The van der Waals surface area contributed by atoms with Crippen molar-refractivity contribution in [3.05, 3.63) is 88.4 Å². The number of hydrogen-bond acceptors (Lipinski definition) is 5. The quantitative estimate of drug-likeness (QED) is 0.409. The third kappa shape index (κ3) is 6.26. The molecule has 1 amide bonds. The molecule has 3 aromatic rings. The summed E-state index contributed by atoms with van der Waals surface area (Å²) >= 11 is 6.37. The molecule has 9 heteroatoms. The van der Waals surface area contributed by atoms with E-state index in [1.165, 1.54) is 29.6 Å². The van der Waals surface area contributed by atoms with Gasteiger partial charge in [0.05, 0.1) is 34.7 Å². The fourth-order valence-corrected chi connectivity index (χ4v) is 5.56. The Morgan fingerprint density at radius 2 is 1.70 bits per heavy atom. The molecule has 0 bridgehead atoms. The zero-order valence-electron chi connectivity index (χ0n) is 21.1. The van der Waals surface area contributed by atoms with Gasteiger partial charge in [0.25, 0.3) is 5.91 Å². The summed E-state index contributed by atoms with van der Waals surface area (Å²) in [6.07, 6.45) is 0.798. The number of nitrogens with one attached hydrogen (secondary N) is 1. The number of fused-ring (bicyclic) bond motifs is 1. The van der Waals surface area contributed by atoms with Crippen molar-refractivity contribution in [1.82, 2.24) is 9.62 Å². The number of ether oxygens (including phenoxy) is 2. The van der Waals surface area contributed by atoms with Gasteiger partial charge < -0.3 is 14.8 Å². The summed E-state index contributed by atoms with van der Waals surface area (Å²) in [7, 11) is -2.35. The molecule has 0 spiro atoms. The zero-order chi connectivity index (χ0) is 26.6. The van der Waals surface area contributed by atoms with E-state index in [1.54, 1.807) is 0 Å². The van der Waals surface area contributed by atoms with Crippen molar-refractivity contribution in [1.29, 1.82) is 0 Å². The van der Waals surface area contributed by atoms with Crippen LogP contribution in [0.25, 0.3) is 0 Å². The van der Waals surface area contributed by atoms with Crippen LogP contribution >= 0.6 is 11.6 Å². The monoisotopic (exact) mass is 542 g/mol. The Bertz CT molecular complexity index is 1360. The number of benzene rings is 3. The number of halogens is 1. The SMILES string of the molecule is CC(C)[C@@H](NC(=O)c1cc(S(=O)(=O)N(C)Cc2ccccc2)ccc1Cl)c1ccc2c(c1)OCCCO2. The van der Waals surface area contributed by atoms with E-state index in [9.17, 15) is 13.2 Å². The highest BCUT2D eigenvalue weighted by Gasteiger charge is 2.26. The van der Waals surface area contributed by atoms with E-state index in [0.29, 0.717) is 24.7 Å². The van der Waals surface area contributed by atoms with Gasteiger partial charge in [-0.1, -0.05) is 61.8 Å². The molecule has 7 nitrogen and oxygen atoms in total. The predicted octanol–water partition coefficient (Wildman–Crippen LogP) is 5.45. The summed E-state index contributed by atoms with van der Waals surface area (Å²) in [5.41, 5.74) is 1.81. The maximum atomic E-state index is 13.4. The first kappa shape index (κ1) is 27.0. The minimum atomic E-state index is -3.86. The lowest BCUT2D eigenvalue weighted by atomic mass is 9.95. The summed E-state index contributed by atoms with van der Waals surface area (Å²) < 4.78 is 39.3. The normalized spacial score (nSPS) is 14.3. The van der Waals surface area contributed by atoms with Gasteiger partial charge in [0, 0.05) is 20.0 Å². The highest BCUT2D eigenvalue weighted by Crippen LogP contribution is 2.34. The number of hydrogen-bond donors (Lipinski definition) is 1. The van der Waals surface area contributed by atoms with E-state index in [1.807, 2.05) is 62.4 Å². The molecule has 1 N–H and O–H groups in total. The molecule has 196 valence electrons. The third-order valence-corrected chi connectivity index (χ3v) is 8.35. The van der Waals surface area contributed by atoms with Crippen molar-refractivity contribution < 1.29 is 22.7 Å². The van der Waals surface area contributed by atoms with Crippen LogP contribution in [0.2, 0.25) is 5.02 Å². The number of nitrogens with zero attached hydrogens (tertiary/aromatic N) is 1. The van der Waals surface area contributed by atoms with Crippen LogP contribution < -0.4 is 14.8 Å². The summed E-state index contributed by atoms with van der Waals surface area (Å²) in [6.45, 7) is 5.34. The van der Waals surface area contributed by atoms with E-state index < -0.39 is 15.9 Å².